The van der Waals surface area contributed by atoms with E-state index in [1.807, 2.05) is 38.1 Å². The third-order valence-corrected chi connectivity index (χ3v) is 2.68. The van der Waals surface area contributed by atoms with Crippen molar-refractivity contribution in [3.05, 3.63) is 46.9 Å². The van der Waals surface area contributed by atoms with Crippen molar-refractivity contribution in [2.45, 2.75) is 20.8 Å². The molecule has 0 aliphatic heterocycles. The van der Waals surface area contributed by atoms with Crippen LogP contribution in [0, 0.1) is 32.1 Å². The Kier molecular flexibility index (Phi) is 2.88. The van der Waals surface area contributed by atoms with E-state index in [1.54, 1.807) is 6.92 Å². The van der Waals surface area contributed by atoms with E-state index in [1.165, 1.54) is 5.56 Å². The van der Waals surface area contributed by atoms with E-state index in [-0.39, 0.29) is 0 Å². The van der Waals surface area contributed by atoms with Gasteiger partial charge < -0.3 is 0 Å². The fourth-order valence-electron chi connectivity index (χ4n) is 1.72. The van der Waals surface area contributed by atoms with E-state index in [4.69, 9.17) is 5.26 Å². The van der Waals surface area contributed by atoms with Crippen molar-refractivity contribution in [3.63, 3.8) is 0 Å². The first kappa shape index (κ1) is 11.3. The van der Waals surface area contributed by atoms with Crippen molar-refractivity contribution in [3.8, 4) is 17.3 Å². The van der Waals surface area contributed by atoms with Crippen LogP contribution in [0.15, 0.2) is 24.3 Å². The zero-order chi connectivity index (χ0) is 12.4. The molecule has 0 aliphatic rings. The van der Waals surface area contributed by atoms with Crippen LogP contribution in [0.25, 0.3) is 11.3 Å². The molecule has 3 nitrogen and oxygen atoms in total. The van der Waals surface area contributed by atoms with Crippen molar-refractivity contribution >= 4 is 0 Å². The number of aryl methyl sites for hydroxylation is 3. The van der Waals surface area contributed by atoms with Crippen LogP contribution in [-0.2, 0) is 0 Å². The molecule has 0 saturated heterocycles. The maximum atomic E-state index is 8.97. The van der Waals surface area contributed by atoms with E-state index < -0.39 is 0 Å². The normalized spacial score (nSPS) is 10.0. The van der Waals surface area contributed by atoms with Crippen molar-refractivity contribution in [2.75, 3.05) is 0 Å². The molecule has 0 atom stereocenters. The summed E-state index contributed by atoms with van der Waals surface area (Å²) in [6.07, 6.45) is 0. The van der Waals surface area contributed by atoms with E-state index in [0.717, 1.165) is 17.0 Å². The number of hydrogen-bond donors (Lipinski definition) is 0. The largest absolute Gasteiger partial charge is 0.253 e. The zero-order valence-corrected chi connectivity index (χ0v) is 10.2. The van der Waals surface area contributed by atoms with Crippen LogP contribution in [0.5, 0.6) is 0 Å². The highest BCUT2D eigenvalue weighted by Gasteiger charge is 2.09. The van der Waals surface area contributed by atoms with Gasteiger partial charge in [-0.05, 0) is 20.8 Å². The first-order valence-corrected chi connectivity index (χ1v) is 5.44. The molecule has 0 spiro atoms. The predicted molar refractivity (Wildman–Crippen MR) is 66.4 cm³/mol. The van der Waals surface area contributed by atoms with Gasteiger partial charge in [0.1, 0.15) is 6.07 Å². The van der Waals surface area contributed by atoms with E-state index >= 15 is 0 Å². The van der Waals surface area contributed by atoms with Gasteiger partial charge in [-0.1, -0.05) is 29.8 Å². The molecule has 1 heterocycles. The second kappa shape index (κ2) is 4.34. The molecule has 3 heteroatoms. The summed E-state index contributed by atoms with van der Waals surface area (Å²) in [5.74, 6) is 0. The van der Waals surface area contributed by atoms with E-state index in [0.29, 0.717) is 11.4 Å². The third kappa shape index (κ3) is 2.16. The molecule has 0 N–H and O–H groups in total. The fourth-order valence-corrected chi connectivity index (χ4v) is 1.72. The predicted octanol–water partition coefficient (Wildman–Crippen LogP) is 2.94. The SMILES string of the molecule is Cc1ccc(-c2nc(C#N)c(C)nc2C)cc1. The third-order valence-electron chi connectivity index (χ3n) is 2.68. The van der Waals surface area contributed by atoms with Crippen molar-refractivity contribution in [1.29, 1.82) is 5.26 Å². The highest BCUT2D eigenvalue weighted by atomic mass is 14.8. The van der Waals surface area contributed by atoms with Gasteiger partial charge in [-0.25, -0.2) is 4.98 Å². The van der Waals surface area contributed by atoms with Crippen LogP contribution in [0.1, 0.15) is 22.6 Å². The van der Waals surface area contributed by atoms with Crippen molar-refractivity contribution < 1.29 is 0 Å². The second-order valence-corrected chi connectivity index (χ2v) is 4.07. The Morgan fingerprint density at radius 2 is 1.59 bits per heavy atom. The number of nitrogens with zero attached hydrogens (tertiary/aromatic N) is 3. The van der Waals surface area contributed by atoms with Gasteiger partial charge in [0.05, 0.1) is 17.1 Å². The lowest BCUT2D eigenvalue weighted by Crippen LogP contribution is -1.99. The molecule has 0 unspecified atom stereocenters. The Bertz CT molecular complexity index is 592. The van der Waals surface area contributed by atoms with E-state index in [9.17, 15) is 0 Å². The lowest BCUT2D eigenvalue weighted by molar-refractivity contribution is 1.04. The number of rotatable bonds is 1. The van der Waals surface area contributed by atoms with Crippen LogP contribution in [0.3, 0.4) is 0 Å². The Balaban J connectivity index is 2.60. The molecule has 0 bridgehead atoms. The van der Waals surface area contributed by atoms with Gasteiger partial charge in [-0.2, -0.15) is 5.26 Å². The summed E-state index contributed by atoms with van der Waals surface area (Å²) in [7, 11) is 0. The summed E-state index contributed by atoms with van der Waals surface area (Å²) in [6, 6.07) is 10.1. The lowest BCUT2D eigenvalue weighted by Gasteiger charge is -2.07. The topological polar surface area (TPSA) is 49.6 Å². The highest BCUT2D eigenvalue weighted by Crippen LogP contribution is 2.21. The fraction of sp³-hybridized carbons (Fsp3) is 0.214. The molecular formula is C14H13N3. The van der Waals surface area contributed by atoms with Crippen LogP contribution in [-0.4, -0.2) is 9.97 Å². The average molecular weight is 223 g/mol. The van der Waals surface area contributed by atoms with Gasteiger partial charge in [0.25, 0.3) is 0 Å². The molecule has 84 valence electrons. The second-order valence-electron chi connectivity index (χ2n) is 4.07. The first-order chi connectivity index (χ1) is 8.11. The Morgan fingerprint density at radius 3 is 2.18 bits per heavy atom. The Labute approximate surface area is 101 Å². The van der Waals surface area contributed by atoms with Crippen LogP contribution in [0.2, 0.25) is 0 Å². The molecule has 1 aromatic carbocycles. The quantitative estimate of drug-likeness (QED) is 0.746. The van der Waals surface area contributed by atoms with Gasteiger partial charge in [0.2, 0.25) is 0 Å². The Hall–Kier alpha value is -2.21. The van der Waals surface area contributed by atoms with E-state index in [2.05, 4.69) is 16.0 Å². The van der Waals surface area contributed by atoms with Gasteiger partial charge in [0, 0.05) is 5.56 Å². The molecule has 0 amide bonds. The molecule has 2 rings (SSSR count). The molecule has 0 aliphatic carbocycles. The summed E-state index contributed by atoms with van der Waals surface area (Å²) < 4.78 is 0. The minimum Gasteiger partial charge on any atom is -0.253 e. The molecular weight excluding hydrogens is 210 g/mol. The zero-order valence-electron chi connectivity index (χ0n) is 10.2. The summed E-state index contributed by atoms with van der Waals surface area (Å²) in [6.45, 7) is 5.76. The number of hydrogen-bond acceptors (Lipinski definition) is 3. The summed E-state index contributed by atoms with van der Waals surface area (Å²) in [5.41, 5.74) is 4.91. The smallest absolute Gasteiger partial charge is 0.162 e. The van der Waals surface area contributed by atoms with Gasteiger partial charge in [0.15, 0.2) is 5.69 Å². The summed E-state index contributed by atoms with van der Waals surface area (Å²) in [4.78, 5) is 8.72. The standard InChI is InChI=1S/C14H13N3/c1-9-4-6-12(7-5-9)14-11(3)16-10(2)13(8-15)17-14/h4-7H,1-3H3. The first-order valence-electron chi connectivity index (χ1n) is 5.44. The molecule has 0 radical (unpaired) electrons. The number of aromatic nitrogens is 2. The molecule has 2 aromatic rings. The van der Waals surface area contributed by atoms with Crippen LogP contribution < -0.4 is 0 Å². The van der Waals surface area contributed by atoms with Gasteiger partial charge in [-0.15, -0.1) is 0 Å². The molecule has 0 fully saturated rings. The molecule has 0 saturated carbocycles. The monoisotopic (exact) mass is 223 g/mol. The van der Waals surface area contributed by atoms with Crippen LogP contribution >= 0.6 is 0 Å². The van der Waals surface area contributed by atoms with Gasteiger partial charge >= 0.3 is 0 Å². The highest BCUT2D eigenvalue weighted by molar-refractivity contribution is 5.62. The minimum absolute atomic E-state index is 0.395. The summed E-state index contributed by atoms with van der Waals surface area (Å²) >= 11 is 0. The number of nitriles is 1. The summed E-state index contributed by atoms with van der Waals surface area (Å²) in [5, 5.41) is 8.97. The number of benzene rings is 1. The maximum absolute atomic E-state index is 8.97. The Morgan fingerprint density at radius 1 is 0.941 bits per heavy atom. The molecule has 17 heavy (non-hydrogen) atoms. The van der Waals surface area contributed by atoms with Crippen molar-refractivity contribution in [1.82, 2.24) is 9.97 Å². The molecule has 1 aromatic heterocycles. The van der Waals surface area contributed by atoms with Crippen LogP contribution in [0.4, 0.5) is 0 Å². The maximum Gasteiger partial charge on any atom is 0.162 e. The average Bonchev–Trinajstić information content (AvgIpc) is 2.31. The lowest BCUT2D eigenvalue weighted by atomic mass is 10.1. The van der Waals surface area contributed by atoms with Gasteiger partial charge in [-0.3, -0.25) is 4.98 Å². The minimum atomic E-state index is 0.395. The van der Waals surface area contributed by atoms with Crippen molar-refractivity contribution in [2.24, 2.45) is 0 Å².